The number of hydrogen-bond acceptors (Lipinski definition) is 2. The summed E-state index contributed by atoms with van der Waals surface area (Å²) >= 11 is 0. The van der Waals surface area contributed by atoms with Gasteiger partial charge in [-0.25, -0.2) is 4.52 Å². The van der Waals surface area contributed by atoms with E-state index in [1.165, 1.54) is 5.56 Å². The molecule has 1 aliphatic carbocycles. The van der Waals surface area contributed by atoms with Crippen LogP contribution in [0.25, 0.3) is 5.52 Å². The topological polar surface area (TPSA) is 37.5 Å². The molecule has 0 spiro atoms. The maximum atomic E-state index is 10.8. The molecule has 0 radical (unpaired) electrons. The summed E-state index contributed by atoms with van der Waals surface area (Å²) in [5.41, 5.74) is 3.64. The summed E-state index contributed by atoms with van der Waals surface area (Å²) in [6.45, 7) is 2.06. The predicted octanol–water partition coefficient (Wildman–Crippen LogP) is 2.52. The minimum atomic E-state index is -0.916. The third-order valence-electron chi connectivity index (χ3n) is 3.80. The molecule has 4 heteroatoms. The Labute approximate surface area is 127 Å². The Kier molecular flexibility index (Phi) is 3.31. The second-order valence-electron chi connectivity index (χ2n) is 6.73. The Balaban J connectivity index is 2.01. The van der Waals surface area contributed by atoms with Crippen LogP contribution < -0.4 is 0 Å². The van der Waals surface area contributed by atoms with E-state index in [9.17, 15) is 5.11 Å². The Bertz CT molecular complexity index is 761. The van der Waals surface area contributed by atoms with Crippen molar-refractivity contribution >= 4 is 15.5 Å². The van der Waals surface area contributed by atoms with Gasteiger partial charge >= 0.3 is 0 Å². The van der Waals surface area contributed by atoms with Gasteiger partial charge in [0.1, 0.15) is 5.60 Å². The molecule has 21 heavy (non-hydrogen) atoms. The normalized spacial score (nSPS) is 22.5. The van der Waals surface area contributed by atoms with Gasteiger partial charge in [0.25, 0.3) is 0 Å². The Hall–Kier alpha value is -1.44. The minimum Gasteiger partial charge on any atom is -0.377 e. The fourth-order valence-electron chi connectivity index (χ4n) is 2.71. The van der Waals surface area contributed by atoms with Crippen molar-refractivity contribution in [3.63, 3.8) is 0 Å². The largest absolute Gasteiger partial charge is 0.377 e. The molecule has 0 saturated heterocycles. The molecular weight excluding hydrogens is 280 g/mol. The second kappa shape index (κ2) is 4.79. The van der Waals surface area contributed by atoms with Gasteiger partial charge in [0.15, 0.2) is 0 Å². The molecule has 0 amide bonds. The van der Waals surface area contributed by atoms with Gasteiger partial charge in [-0.3, -0.25) is 0 Å². The standard InChI is InChI=1S/C17H22N2OS/c1-13-5-6-16-14-11-17(20,9-10-21(2,3)4)8-7-15(14)18-19(16)12-13/h5-6,12,20H,7-8,11H2,1-4H3. The Morgan fingerprint density at radius 2 is 2.10 bits per heavy atom. The first-order chi connectivity index (χ1) is 9.76. The first-order valence-electron chi connectivity index (χ1n) is 7.17. The number of rotatable bonds is 0. The van der Waals surface area contributed by atoms with Crippen molar-refractivity contribution in [2.45, 2.75) is 31.8 Å². The molecule has 3 nitrogen and oxygen atoms in total. The van der Waals surface area contributed by atoms with Gasteiger partial charge in [-0.05, 0) is 50.2 Å². The lowest BCUT2D eigenvalue weighted by atomic mass is 9.83. The van der Waals surface area contributed by atoms with Gasteiger partial charge in [-0.2, -0.15) is 15.1 Å². The molecule has 1 aliphatic rings. The molecule has 0 aliphatic heterocycles. The highest BCUT2D eigenvalue weighted by Gasteiger charge is 2.33. The first-order valence-corrected chi connectivity index (χ1v) is 10.0. The highest BCUT2D eigenvalue weighted by atomic mass is 32.3. The Morgan fingerprint density at radius 1 is 1.33 bits per heavy atom. The second-order valence-corrected chi connectivity index (χ2v) is 10.6. The number of aliphatic hydroxyl groups is 1. The first kappa shape index (κ1) is 14.5. The highest BCUT2D eigenvalue weighted by Crippen LogP contribution is 2.35. The lowest BCUT2D eigenvalue weighted by molar-refractivity contribution is 0.0864. The molecule has 1 unspecified atom stereocenters. The fourth-order valence-corrected chi connectivity index (χ4v) is 3.20. The molecular formula is C17H22N2OS. The maximum Gasteiger partial charge on any atom is 0.130 e. The van der Waals surface area contributed by atoms with E-state index in [0.29, 0.717) is 12.8 Å². The van der Waals surface area contributed by atoms with E-state index in [0.717, 1.165) is 23.2 Å². The van der Waals surface area contributed by atoms with Gasteiger partial charge in [-0.1, -0.05) is 17.2 Å². The zero-order valence-corrected chi connectivity index (χ0v) is 13.9. The van der Waals surface area contributed by atoms with E-state index < -0.39 is 15.6 Å². The van der Waals surface area contributed by atoms with Gasteiger partial charge in [0, 0.05) is 18.2 Å². The molecule has 3 rings (SSSR count). The molecule has 0 fully saturated rings. The zero-order chi connectivity index (χ0) is 15.3. The van der Waals surface area contributed by atoms with Crippen LogP contribution >= 0.6 is 10.0 Å². The molecule has 0 aromatic carbocycles. The monoisotopic (exact) mass is 302 g/mol. The molecule has 2 aromatic rings. The highest BCUT2D eigenvalue weighted by molar-refractivity contribution is 8.35. The average Bonchev–Trinajstić information content (AvgIpc) is 2.72. The van der Waals surface area contributed by atoms with Crippen LogP contribution in [0.5, 0.6) is 0 Å². The molecule has 112 valence electrons. The van der Waals surface area contributed by atoms with Crippen molar-refractivity contribution in [1.29, 1.82) is 0 Å². The van der Waals surface area contributed by atoms with Gasteiger partial charge in [0.2, 0.25) is 0 Å². The fraction of sp³-hybridized carbons (Fsp3) is 0.471. The van der Waals surface area contributed by atoms with E-state index in [-0.39, 0.29) is 0 Å². The summed E-state index contributed by atoms with van der Waals surface area (Å²) in [5, 5.41) is 18.7. The molecule has 0 bridgehead atoms. The van der Waals surface area contributed by atoms with E-state index in [4.69, 9.17) is 0 Å². The molecule has 2 heterocycles. The van der Waals surface area contributed by atoms with Gasteiger partial charge in [0.05, 0.1) is 11.2 Å². The van der Waals surface area contributed by atoms with E-state index in [1.54, 1.807) is 0 Å². The summed E-state index contributed by atoms with van der Waals surface area (Å²) in [6.07, 6.45) is 10.5. The number of pyridine rings is 1. The van der Waals surface area contributed by atoms with Crippen molar-refractivity contribution in [3.05, 3.63) is 35.2 Å². The minimum absolute atomic E-state index is 0.581. The quantitative estimate of drug-likeness (QED) is 0.759. The van der Waals surface area contributed by atoms with Crippen LogP contribution in [0.2, 0.25) is 0 Å². The van der Waals surface area contributed by atoms with Crippen molar-refractivity contribution in [2.24, 2.45) is 0 Å². The lowest BCUT2D eigenvalue weighted by Gasteiger charge is -2.27. The van der Waals surface area contributed by atoms with Crippen LogP contribution in [0.1, 0.15) is 23.2 Å². The third kappa shape index (κ3) is 2.95. The SMILES string of the molecule is Cc1ccc2c3c(nn2c1)CCC(O)(C#CS(C)(C)C)C3. The number of hydrogen-bond donors (Lipinski definition) is 1. The van der Waals surface area contributed by atoms with Crippen LogP contribution in [-0.4, -0.2) is 39.1 Å². The summed E-state index contributed by atoms with van der Waals surface area (Å²) in [6, 6.07) is 4.19. The third-order valence-corrected chi connectivity index (χ3v) is 4.51. The van der Waals surface area contributed by atoms with Crippen molar-refractivity contribution in [2.75, 3.05) is 18.8 Å². The number of aromatic nitrogens is 2. The van der Waals surface area contributed by atoms with Crippen LogP contribution in [0, 0.1) is 18.1 Å². The summed E-state index contributed by atoms with van der Waals surface area (Å²) < 4.78 is 1.94. The van der Waals surface area contributed by atoms with Gasteiger partial charge in [-0.15, -0.1) is 0 Å². The summed E-state index contributed by atoms with van der Waals surface area (Å²) in [4.78, 5) is 0. The van der Waals surface area contributed by atoms with Crippen LogP contribution in [-0.2, 0) is 12.8 Å². The average molecular weight is 302 g/mol. The zero-order valence-electron chi connectivity index (χ0n) is 13.1. The summed E-state index contributed by atoms with van der Waals surface area (Å²) in [5.74, 6) is 3.15. The molecule has 1 atom stereocenters. The smallest absolute Gasteiger partial charge is 0.130 e. The number of nitrogens with zero attached hydrogens (tertiary/aromatic N) is 2. The van der Waals surface area contributed by atoms with Gasteiger partial charge < -0.3 is 5.11 Å². The maximum absolute atomic E-state index is 10.8. The molecule has 0 saturated carbocycles. The van der Waals surface area contributed by atoms with E-state index in [2.05, 4.69) is 54.1 Å². The van der Waals surface area contributed by atoms with E-state index in [1.807, 2.05) is 10.7 Å². The predicted molar refractivity (Wildman–Crippen MR) is 90.0 cm³/mol. The van der Waals surface area contributed by atoms with Crippen molar-refractivity contribution < 1.29 is 5.11 Å². The Morgan fingerprint density at radius 3 is 2.81 bits per heavy atom. The van der Waals surface area contributed by atoms with Crippen LogP contribution in [0.15, 0.2) is 18.3 Å². The van der Waals surface area contributed by atoms with Crippen molar-refractivity contribution in [1.82, 2.24) is 9.61 Å². The molecule has 2 aromatic heterocycles. The molecule has 1 N–H and O–H groups in total. The summed E-state index contributed by atoms with van der Waals surface area (Å²) in [7, 11) is -0.916. The number of fused-ring (bicyclic) bond motifs is 3. The number of aryl methyl sites for hydroxylation is 2. The lowest BCUT2D eigenvalue weighted by Crippen LogP contribution is -2.34. The van der Waals surface area contributed by atoms with Crippen LogP contribution in [0.4, 0.5) is 0 Å². The van der Waals surface area contributed by atoms with Crippen molar-refractivity contribution in [3.8, 4) is 11.2 Å². The van der Waals surface area contributed by atoms with Crippen LogP contribution in [0.3, 0.4) is 0 Å². The van der Waals surface area contributed by atoms with E-state index >= 15 is 0 Å².